The van der Waals surface area contributed by atoms with E-state index in [1.165, 1.54) is 34.6 Å². The van der Waals surface area contributed by atoms with Crippen molar-refractivity contribution in [1.82, 2.24) is 5.32 Å². The smallest absolute Gasteiger partial charge is 0.220 e. The first kappa shape index (κ1) is 13.1. The van der Waals surface area contributed by atoms with Crippen LogP contribution in [0.5, 0.6) is 0 Å². The fourth-order valence-corrected chi connectivity index (χ4v) is 3.73. The molecule has 0 atom stereocenters. The van der Waals surface area contributed by atoms with Gasteiger partial charge in [-0.15, -0.1) is 11.3 Å². The molecule has 0 radical (unpaired) electrons. The van der Waals surface area contributed by atoms with E-state index >= 15 is 0 Å². The number of hydrogen-bond acceptors (Lipinski definition) is 2. The number of amides is 1. The molecule has 2 rings (SSSR count). The zero-order chi connectivity index (χ0) is 12.1. The SMILES string of the molecule is O=C(CCCCBr)NCc1cc2c(s1)CCC2. The summed E-state index contributed by atoms with van der Waals surface area (Å²) in [5, 5.41) is 3.99. The van der Waals surface area contributed by atoms with Crippen molar-refractivity contribution in [2.24, 2.45) is 0 Å². The van der Waals surface area contributed by atoms with Crippen LogP contribution in [-0.4, -0.2) is 11.2 Å². The summed E-state index contributed by atoms with van der Waals surface area (Å²) in [5.41, 5.74) is 1.51. The molecule has 17 heavy (non-hydrogen) atoms. The van der Waals surface area contributed by atoms with Gasteiger partial charge in [0.05, 0.1) is 6.54 Å². The van der Waals surface area contributed by atoms with Crippen molar-refractivity contribution >= 4 is 33.2 Å². The third-order valence-corrected chi connectivity index (χ3v) is 4.84. The first-order valence-corrected chi connectivity index (χ1v) is 8.16. The van der Waals surface area contributed by atoms with Crippen molar-refractivity contribution in [2.75, 3.05) is 5.33 Å². The topological polar surface area (TPSA) is 29.1 Å². The molecule has 1 N–H and O–H groups in total. The summed E-state index contributed by atoms with van der Waals surface area (Å²) >= 11 is 5.24. The maximum absolute atomic E-state index is 11.5. The zero-order valence-electron chi connectivity index (χ0n) is 9.93. The molecule has 1 heterocycles. The lowest BCUT2D eigenvalue weighted by atomic mass is 10.2. The first-order chi connectivity index (χ1) is 8.29. The summed E-state index contributed by atoms with van der Waals surface area (Å²) in [6.45, 7) is 0.713. The van der Waals surface area contributed by atoms with Crippen LogP contribution in [0.1, 0.15) is 41.0 Å². The summed E-state index contributed by atoms with van der Waals surface area (Å²) < 4.78 is 0. The number of halogens is 1. The molecule has 0 fully saturated rings. The lowest BCUT2D eigenvalue weighted by Crippen LogP contribution is -2.21. The second-order valence-corrected chi connectivity index (χ2v) is 6.45. The Morgan fingerprint density at radius 2 is 2.29 bits per heavy atom. The van der Waals surface area contributed by atoms with Gasteiger partial charge in [0.1, 0.15) is 0 Å². The van der Waals surface area contributed by atoms with Crippen LogP contribution in [0, 0.1) is 0 Å². The second-order valence-electron chi connectivity index (χ2n) is 4.44. The van der Waals surface area contributed by atoms with E-state index in [9.17, 15) is 4.79 Å². The van der Waals surface area contributed by atoms with Crippen molar-refractivity contribution in [3.05, 3.63) is 21.4 Å². The third-order valence-electron chi connectivity index (χ3n) is 3.04. The summed E-state index contributed by atoms with van der Waals surface area (Å²) in [6.07, 6.45) is 6.46. The predicted molar refractivity (Wildman–Crippen MR) is 75.8 cm³/mol. The van der Waals surface area contributed by atoms with Crippen LogP contribution in [0.4, 0.5) is 0 Å². The van der Waals surface area contributed by atoms with E-state index in [1.807, 2.05) is 11.3 Å². The normalized spacial score (nSPS) is 13.7. The molecule has 0 saturated carbocycles. The zero-order valence-corrected chi connectivity index (χ0v) is 12.3. The van der Waals surface area contributed by atoms with Gasteiger partial charge in [-0.05, 0) is 43.7 Å². The molecule has 0 unspecified atom stereocenters. The highest BCUT2D eigenvalue weighted by Gasteiger charge is 2.14. The van der Waals surface area contributed by atoms with Crippen molar-refractivity contribution in [1.29, 1.82) is 0 Å². The van der Waals surface area contributed by atoms with Gasteiger partial charge in [0.15, 0.2) is 0 Å². The summed E-state index contributed by atoms with van der Waals surface area (Å²) in [6, 6.07) is 2.27. The maximum Gasteiger partial charge on any atom is 0.220 e. The van der Waals surface area contributed by atoms with Crippen molar-refractivity contribution < 1.29 is 4.79 Å². The van der Waals surface area contributed by atoms with E-state index in [0.717, 1.165) is 18.2 Å². The number of rotatable bonds is 6. The van der Waals surface area contributed by atoms with Crippen LogP contribution >= 0.6 is 27.3 Å². The lowest BCUT2D eigenvalue weighted by Gasteiger charge is -2.02. The summed E-state index contributed by atoms with van der Waals surface area (Å²) in [4.78, 5) is 14.4. The van der Waals surface area contributed by atoms with Gasteiger partial charge in [-0.1, -0.05) is 15.9 Å². The highest BCUT2D eigenvalue weighted by Crippen LogP contribution is 2.30. The number of unbranched alkanes of at least 4 members (excludes halogenated alkanes) is 1. The molecule has 1 aliphatic carbocycles. The first-order valence-electron chi connectivity index (χ1n) is 6.22. The molecule has 1 amide bonds. The quantitative estimate of drug-likeness (QED) is 0.632. The van der Waals surface area contributed by atoms with Gasteiger partial charge >= 0.3 is 0 Å². The number of thiophene rings is 1. The minimum absolute atomic E-state index is 0.180. The molecule has 1 aromatic rings. The lowest BCUT2D eigenvalue weighted by molar-refractivity contribution is -0.121. The Morgan fingerprint density at radius 1 is 1.41 bits per heavy atom. The van der Waals surface area contributed by atoms with Crippen LogP contribution in [0.15, 0.2) is 6.07 Å². The Labute approximate surface area is 115 Å². The second kappa shape index (κ2) is 6.55. The van der Waals surface area contributed by atoms with E-state index in [2.05, 4.69) is 27.3 Å². The van der Waals surface area contributed by atoms with Crippen molar-refractivity contribution in [3.8, 4) is 0 Å². The minimum Gasteiger partial charge on any atom is -0.351 e. The Hall–Kier alpha value is -0.350. The molecule has 0 spiro atoms. The Balaban J connectivity index is 1.72. The molecule has 0 bridgehead atoms. The number of alkyl halides is 1. The van der Waals surface area contributed by atoms with E-state index in [0.29, 0.717) is 13.0 Å². The van der Waals surface area contributed by atoms with Gasteiger partial charge in [-0.25, -0.2) is 0 Å². The highest BCUT2D eigenvalue weighted by molar-refractivity contribution is 9.09. The third kappa shape index (κ3) is 3.81. The van der Waals surface area contributed by atoms with Gasteiger partial charge in [0, 0.05) is 21.5 Å². The number of fused-ring (bicyclic) bond motifs is 1. The molecule has 0 aromatic carbocycles. The van der Waals surface area contributed by atoms with Crippen LogP contribution in [0.3, 0.4) is 0 Å². The number of carbonyl (C=O) groups excluding carboxylic acids is 1. The minimum atomic E-state index is 0.180. The number of hydrogen-bond donors (Lipinski definition) is 1. The summed E-state index contributed by atoms with van der Waals surface area (Å²) in [5.74, 6) is 0.180. The average molecular weight is 316 g/mol. The Kier molecular flexibility index (Phi) is 5.04. The van der Waals surface area contributed by atoms with E-state index in [4.69, 9.17) is 0 Å². The van der Waals surface area contributed by atoms with Gasteiger partial charge in [-0.2, -0.15) is 0 Å². The molecule has 1 aromatic heterocycles. The maximum atomic E-state index is 11.5. The van der Waals surface area contributed by atoms with E-state index < -0.39 is 0 Å². The van der Waals surface area contributed by atoms with Gasteiger partial charge < -0.3 is 5.32 Å². The van der Waals surface area contributed by atoms with Crippen molar-refractivity contribution in [3.63, 3.8) is 0 Å². The molecule has 0 aliphatic heterocycles. The average Bonchev–Trinajstić information content (AvgIpc) is 2.86. The predicted octanol–water partition coefficient (Wildman–Crippen LogP) is 3.42. The van der Waals surface area contributed by atoms with Crippen LogP contribution in [0.2, 0.25) is 0 Å². The number of nitrogens with one attached hydrogen (secondary N) is 1. The fourth-order valence-electron chi connectivity index (χ4n) is 2.13. The van der Waals surface area contributed by atoms with Gasteiger partial charge in [-0.3, -0.25) is 4.79 Å². The highest BCUT2D eigenvalue weighted by atomic mass is 79.9. The van der Waals surface area contributed by atoms with E-state index in [1.54, 1.807) is 0 Å². The van der Waals surface area contributed by atoms with E-state index in [-0.39, 0.29) is 5.91 Å². The van der Waals surface area contributed by atoms with Crippen LogP contribution in [0.25, 0.3) is 0 Å². The van der Waals surface area contributed by atoms with Crippen molar-refractivity contribution in [2.45, 2.75) is 45.1 Å². The Morgan fingerprint density at radius 3 is 3.06 bits per heavy atom. The van der Waals surface area contributed by atoms with Gasteiger partial charge in [0.2, 0.25) is 5.91 Å². The Bertz CT molecular complexity index is 367. The molecule has 0 saturated heterocycles. The van der Waals surface area contributed by atoms with Gasteiger partial charge in [0.25, 0.3) is 0 Å². The largest absolute Gasteiger partial charge is 0.351 e. The standard InChI is InChI=1S/C13H18BrNOS/c14-7-2-1-6-13(16)15-9-11-8-10-4-3-5-12(10)17-11/h8H,1-7,9H2,(H,15,16). The molecular weight excluding hydrogens is 298 g/mol. The molecule has 2 nitrogen and oxygen atoms in total. The summed E-state index contributed by atoms with van der Waals surface area (Å²) in [7, 11) is 0. The molecule has 94 valence electrons. The number of aryl methyl sites for hydroxylation is 2. The number of carbonyl (C=O) groups is 1. The monoisotopic (exact) mass is 315 g/mol. The fraction of sp³-hybridized carbons (Fsp3) is 0.615. The van der Waals surface area contributed by atoms with Crippen LogP contribution < -0.4 is 5.32 Å². The van der Waals surface area contributed by atoms with Crippen LogP contribution in [-0.2, 0) is 24.2 Å². The molecular formula is C13H18BrNOS. The molecule has 1 aliphatic rings. The molecule has 4 heteroatoms.